The lowest BCUT2D eigenvalue weighted by molar-refractivity contribution is -0.126. The number of H-pyrrole nitrogens is 1. The number of rotatable bonds is 7. The summed E-state index contributed by atoms with van der Waals surface area (Å²) in [6, 6.07) is 8.66. The van der Waals surface area contributed by atoms with Gasteiger partial charge in [-0.3, -0.25) is 19.8 Å². The molecule has 7 nitrogen and oxygen atoms in total. The highest BCUT2D eigenvalue weighted by molar-refractivity contribution is 5.78. The minimum absolute atomic E-state index is 0.135. The normalized spacial score (nSPS) is 19.7. The molecule has 4 heterocycles. The first-order valence-corrected chi connectivity index (χ1v) is 11.8. The molecule has 1 amide bonds. The number of hydrogen-bond donors (Lipinski definition) is 2. The summed E-state index contributed by atoms with van der Waals surface area (Å²) in [5, 5.41) is 10.7. The van der Waals surface area contributed by atoms with Crippen molar-refractivity contribution in [2.24, 2.45) is 5.92 Å². The van der Waals surface area contributed by atoms with Gasteiger partial charge in [-0.25, -0.2) is 0 Å². The fourth-order valence-electron chi connectivity index (χ4n) is 4.79. The van der Waals surface area contributed by atoms with E-state index in [1.54, 1.807) is 6.20 Å². The lowest BCUT2D eigenvalue weighted by atomic mass is 9.92. The van der Waals surface area contributed by atoms with Gasteiger partial charge in [0.1, 0.15) is 0 Å². The van der Waals surface area contributed by atoms with Crippen molar-refractivity contribution < 1.29 is 4.79 Å². The quantitative estimate of drug-likeness (QED) is 0.715. The lowest BCUT2D eigenvalue weighted by Gasteiger charge is -2.41. The zero-order valence-corrected chi connectivity index (χ0v) is 18.9. The summed E-state index contributed by atoms with van der Waals surface area (Å²) in [5.74, 6) is 0.784. The molecule has 2 fully saturated rings. The molecule has 0 atom stereocenters. The van der Waals surface area contributed by atoms with E-state index >= 15 is 0 Å². The number of pyridine rings is 1. The Morgan fingerprint density at radius 2 is 1.94 bits per heavy atom. The lowest BCUT2D eigenvalue weighted by Crippen LogP contribution is -2.49. The van der Waals surface area contributed by atoms with E-state index in [2.05, 4.69) is 50.2 Å². The maximum absolute atomic E-state index is 12.5. The highest BCUT2D eigenvalue weighted by Crippen LogP contribution is 2.25. The first-order valence-electron chi connectivity index (χ1n) is 11.8. The number of aromatic nitrogens is 3. The van der Waals surface area contributed by atoms with Crippen LogP contribution in [0.5, 0.6) is 0 Å². The van der Waals surface area contributed by atoms with E-state index in [1.807, 2.05) is 18.2 Å². The second kappa shape index (κ2) is 10.4. The van der Waals surface area contributed by atoms with E-state index in [-0.39, 0.29) is 11.8 Å². The third-order valence-electron chi connectivity index (χ3n) is 6.78. The number of likely N-dealkylation sites (tertiary alicyclic amines) is 2. The second-order valence-electron chi connectivity index (χ2n) is 9.33. The first kappa shape index (κ1) is 22.0. The maximum atomic E-state index is 12.5. The molecule has 2 aromatic heterocycles. The van der Waals surface area contributed by atoms with Gasteiger partial charge in [-0.1, -0.05) is 19.9 Å². The minimum Gasteiger partial charge on any atom is -0.350 e. The largest absolute Gasteiger partial charge is 0.350 e. The van der Waals surface area contributed by atoms with E-state index < -0.39 is 0 Å². The standard InChI is InChI=1S/C24H36N6O/c1-18(2)23-15-21(27-28-23)17-29-11-8-22(9-12-29)30-13-6-19(7-14-30)24(31)26-16-20-5-3-4-10-25-20/h3-5,10,15,18-19,22H,6-9,11-14,16-17H2,1-2H3,(H,26,31)(H,27,28). The third-order valence-corrected chi connectivity index (χ3v) is 6.78. The van der Waals surface area contributed by atoms with Gasteiger partial charge in [0.25, 0.3) is 0 Å². The zero-order chi connectivity index (χ0) is 21.6. The molecule has 2 saturated heterocycles. The molecule has 31 heavy (non-hydrogen) atoms. The van der Waals surface area contributed by atoms with Gasteiger partial charge < -0.3 is 10.2 Å². The Labute approximate surface area is 185 Å². The Kier molecular flexibility index (Phi) is 7.35. The predicted molar refractivity (Wildman–Crippen MR) is 121 cm³/mol. The zero-order valence-electron chi connectivity index (χ0n) is 18.9. The van der Waals surface area contributed by atoms with Crippen molar-refractivity contribution in [1.82, 2.24) is 30.3 Å². The van der Waals surface area contributed by atoms with Crippen LogP contribution in [-0.2, 0) is 17.9 Å². The second-order valence-corrected chi connectivity index (χ2v) is 9.33. The van der Waals surface area contributed by atoms with Crippen molar-refractivity contribution >= 4 is 5.91 Å². The molecular formula is C24H36N6O. The fourth-order valence-corrected chi connectivity index (χ4v) is 4.79. The molecule has 2 aliphatic rings. The Morgan fingerprint density at radius 3 is 2.58 bits per heavy atom. The summed E-state index contributed by atoms with van der Waals surface area (Å²) in [5.41, 5.74) is 3.28. The number of piperidine rings is 2. The minimum atomic E-state index is 0.135. The molecule has 0 aliphatic carbocycles. The van der Waals surface area contributed by atoms with E-state index in [9.17, 15) is 4.79 Å². The Balaban J connectivity index is 1.16. The van der Waals surface area contributed by atoms with Gasteiger partial charge in [0.2, 0.25) is 5.91 Å². The Hall–Kier alpha value is -2.25. The van der Waals surface area contributed by atoms with Crippen molar-refractivity contribution in [1.29, 1.82) is 0 Å². The predicted octanol–water partition coefficient (Wildman–Crippen LogP) is 2.92. The van der Waals surface area contributed by atoms with Crippen LogP contribution in [0.2, 0.25) is 0 Å². The smallest absolute Gasteiger partial charge is 0.223 e. The third kappa shape index (κ3) is 5.92. The van der Waals surface area contributed by atoms with Crippen LogP contribution < -0.4 is 5.32 Å². The highest BCUT2D eigenvalue weighted by atomic mass is 16.1. The molecule has 0 spiro atoms. The molecular weight excluding hydrogens is 388 g/mol. The van der Waals surface area contributed by atoms with Crippen LogP contribution in [0.4, 0.5) is 0 Å². The molecule has 0 saturated carbocycles. The average Bonchev–Trinajstić information content (AvgIpc) is 3.28. The van der Waals surface area contributed by atoms with Crippen molar-refractivity contribution in [3.63, 3.8) is 0 Å². The van der Waals surface area contributed by atoms with Crippen LogP contribution in [-0.4, -0.2) is 63.1 Å². The number of aromatic amines is 1. The van der Waals surface area contributed by atoms with E-state index in [0.717, 1.165) is 57.0 Å². The number of nitrogens with one attached hydrogen (secondary N) is 2. The van der Waals surface area contributed by atoms with Gasteiger partial charge in [-0.05, 0) is 62.9 Å². The summed E-state index contributed by atoms with van der Waals surface area (Å²) < 4.78 is 0. The summed E-state index contributed by atoms with van der Waals surface area (Å²) in [7, 11) is 0. The summed E-state index contributed by atoms with van der Waals surface area (Å²) >= 11 is 0. The summed E-state index contributed by atoms with van der Waals surface area (Å²) in [6.07, 6.45) is 6.10. The van der Waals surface area contributed by atoms with Crippen LogP contribution >= 0.6 is 0 Å². The van der Waals surface area contributed by atoms with Gasteiger partial charge in [-0.15, -0.1) is 0 Å². The molecule has 168 valence electrons. The molecule has 0 unspecified atom stereocenters. The molecule has 4 rings (SSSR count). The first-order chi connectivity index (χ1) is 15.1. The monoisotopic (exact) mass is 424 g/mol. The number of hydrogen-bond acceptors (Lipinski definition) is 5. The molecule has 2 N–H and O–H groups in total. The summed E-state index contributed by atoms with van der Waals surface area (Å²) in [6.45, 7) is 10.2. The van der Waals surface area contributed by atoms with Crippen molar-refractivity contribution in [2.45, 2.75) is 64.6 Å². The van der Waals surface area contributed by atoms with Gasteiger partial charge in [-0.2, -0.15) is 5.10 Å². The molecule has 2 aromatic rings. The van der Waals surface area contributed by atoms with E-state index in [0.29, 0.717) is 18.5 Å². The molecule has 7 heteroatoms. The molecule has 0 bridgehead atoms. The van der Waals surface area contributed by atoms with Crippen molar-refractivity contribution in [3.8, 4) is 0 Å². The molecule has 0 aromatic carbocycles. The van der Waals surface area contributed by atoms with Crippen LogP contribution in [0, 0.1) is 5.92 Å². The average molecular weight is 425 g/mol. The van der Waals surface area contributed by atoms with Crippen LogP contribution in [0.1, 0.15) is 62.5 Å². The van der Waals surface area contributed by atoms with Crippen LogP contribution in [0.25, 0.3) is 0 Å². The number of carbonyl (C=O) groups excluding carboxylic acids is 1. The van der Waals surface area contributed by atoms with E-state index in [4.69, 9.17) is 0 Å². The number of nitrogens with zero attached hydrogens (tertiary/aromatic N) is 4. The van der Waals surface area contributed by atoms with Gasteiger partial charge in [0.05, 0.1) is 17.9 Å². The number of amides is 1. The summed E-state index contributed by atoms with van der Waals surface area (Å²) in [4.78, 5) is 22.0. The molecule has 0 radical (unpaired) electrons. The topological polar surface area (TPSA) is 77.1 Å². The SMILES string of the molecule is CC(C)c1cc(CN2CCC(N3CCC(C(=O)NCc4ccccn4)CC3)CC2)[nH]n1. The van der Waals surface area contributed by atoms with Gasteiger partial charge in [0.15, 0.2) is 0 Å². The maximum Gasteiger partial charge on any atom is 0.223 e. The van der Waals surface area contributed by atoms with E-state index in [1.165, 1.54) is 18.5 Å². The molecule has 2 aliphatic heterocycles. The Morgan fingerprint density at radius 1 is 1.16 bits per heavy atom. The van der Waals surface area contributed by atoms with Crippen molar-refractivity contribution in [2.75, 3.05) is 26.2 Å². The van der Waals surface area contributed by atoms with Gasteiger partial charge >= 0.3 is 0 Å². The van der Waals surface area contributed by atoms with Crippen LogP contribution in [0.3, 0.4) is 0 Å². The van der Waals surface area contributed by atoms with Gasteiger partial charge in [0, 0.05) is 43.5 Å². The van der Waals surface area contributed by atoms with Crippen LogP contribution in [0.15, 0.2) is 30.5 Å². The van der Waals surface area contributed by atoms with Crippen molar-refractivity contribution in [3.05, 3.63) is 47.5 Å². The number of carbonyl (C=O) groups is 1. The fraction of sp³-hybridized carbons (Fsp3) is 0.625. The Bertz CT molecular complexity index is 820. The highest BCUT2D eigenvalue weighted by Gasteiger charge is 2.30.